The van der Waals surface area contributed by atoms with Gasteiger partial charge < -0.3 is 34.9 Å². The second-order valence-electron chi connectivity index (χ2n) is 4.89. The van der Waals surface area contributed by atoms with Crippen LogP contribution in [0.25, 0.3) is 0 Å². The number of alkyl halides is 1. The van der Waals surface area contributed by atoms with Crippen LogP contribution in [0.1, 0.15) is 0 Å². The third kappa shape index (κ3) is 17.8. The number of hydrogen-bond acceptors (Lipinski definition) is 7. The predicted molar refractivity (Wildman–Crippen MR) is 102 cm³/mol. The summed E-state index contributed by atoms with van der Waals surface area (Å²) in [5.41, 5.74) is 0. The Morgan fingerprint density at radius 3 is 1.77 bits per heavy atom. The number of carbonyl (C=O) groups excluding carboxylic acids is 3. The van der Waals surface area contributed by atoms with Crippen LogP contribution in [0.3, 0.4) is 0 Å². The molecule has 0 heterocycles. The molecule has 0 spiro atoms. The molecule has 26 heavy (non-hydrogen) atoms. The normalized spacial score (nSPS) is 10.4. The first-order valence-corrected chi connectivity index (χ1v) is 9.71. The van der Waals surface area contributed by atoms with Gasteiger partial charge in [0, 0.05) is 26.7 Å². The van der Waals surface area contributed by atoms with Gasteiger partial charge in [-0.2, -0.15) is 0 Å². The molecule has 0 saturated heterocycles. The van der Waals surface area contributed by atoms with Crippen molar-refractivity contribution in [3.63, 3.8) is 0 Å². The van der Waals surface area contributed by atoms with E-state index in [9.17, 15) is 14.4 Å². The van der Waals surface area contributed by atoms with Gasteiger partial charge in [0.1, 0.15) is 13.2 Å². The largest absolute Gasteiger partial charge is 0.382 e. The topological polar surface area (TPSA) is 124 Å². The van der Waals surface area contributed by atoms with Crippen molar-refractivity contribution in [2.45, 2.75) is 0 Å². The molecule has 0 fully saturated rings. The number of halogens is 1. The van der Waals surface area contributed by atoms with E-state index in [-0.39, 0.29) is 37.5 Å². The molecule has 0 aliphatic heterocycles. The summed E-state index contributed by atoms with van der Waals surface area (Å²) in [6.45, 7) is 2.79. The van der Waals surface area contributed by atoms with Crippen LogP contribution in [-0.2, 0) is 33.3 Å². The van der Waals surface area contributed by atoms with Crippen LogP contribution in [0.5, 0.6) is 0 Å². The zero-order valence-electron chi connectivity index (χ0n) is 15.0. The minimum absolute atomic E-state index is 0.0106. The number of nitrogens with one attached hydrogen (secondary N) is 3. The van der Waals surface area contributed by atoms with Gasteiger partial charge in [-0.05, 0) is 0 Å². The van der Waals surface area contributed by atoms with E-state index in [1.54, 1.807) is 7.11 Å². The molecule has 152 valence electrons. The van der Waals surface area contributed by atoms with Crippen molar-refractivity contribution in [2.24, 2.45) is 0 Å². The second kappa shape index (κ2) is 18.8. The Morgan fingerprint density at radius 2 is 1.19 bits per heavy atom. The number of methoxy groups -OCH3 is 1. The Hall–Kier alpha value is -1.02. The highest BCUT2D eigenvalue weighted by molar-refractivity contribution is 14.1. The fourth-order valence-electron chi connectivity index (χ4n) is 1.51. The number of ether oxygens (including phenoxy) is 4. The molecular formula is C15H28IN3O7. The third-order valence-corrected chi connectivity index (χ3v) is 3.42. The minimum Gasteiger partial charge on any atom is -0.382 e. The Labute approximate surface area is 167 Å². The Kier molecular flexibility index (Phi) is 18.0. The average Bonchev–Trinajstić information content (AvgIpc) is 2.64. The lowest BCUT2D eigenvalue weighted by Crippen LogP contribution is -2.36. The van der Waals surface area contributed by atoms with E-state index in [2.05, 4.69) is 16.0 Å². The highest BCUT2D eigenvalue weighted by Gasteiger charge is 2.02. The maximum atomic E-state index is 11.4. The highest BCUT2D eigenvalue weighted by atomic mass is 127. The fourth-order valence-corrected chi connectivity index (χ4v) is 1.78. The van der Waals surface area contributed by atoms with Crippen molar-refractivity contribution in [3.8, 4) is 0 Å². The van der Waals surface area contributed by atoms with Crippen LogP contribution in [-0.4, -0.2) is 95.1 Å². The first kappa shape index (κ1) is 25.0. The number of carbonyl (C=O) groups is 3. The lowest BCUT2D eigenvalue weighted by atomic mass is 10.5. The van der Waals surface area contributed by atoms with Crippen molar-refractivity contribution in [2.75, 3.05) is 77.4 Å². The van der Waals surface area contributed by atoms with E-state index in [0.717, 1.165) is 0 Å². The molecule has 0 unspecified atom stereocenters. The summed E-state index contributed by atoms with van der Waals surface area (Å²) in [5.74, 6) is -0.537. The van der Waals surface area contributed by atoms with Crippen LogP contribution >= 0.6 is 22.6 Å². The Morgan fingerprint density at radius 1 is 0.692 bits per heavy atom. The predicted octanol–water partition coefficient (Wildman–Crippen LogP) is -1.53. The zero-order chi connectivity index (χ0) is 19.5. The van der Waals surface area contributed by atoms with Crippen LogP contribution in [0, 0.1) is 0 Å². The first-order valence-electron chi connectivity index (χ1n) is 8.18. The van der Waals surface area contributed by atoms with Gasteiger partial charge in [0.05, 0.1) is 37.5 Å². The molecule has 0 aromatic carbocycles. The number of hydrogen-bond donors (Lipinski definition) is 3. The molecule has 0 aromatic rings. The van der Waals surface area contributed by atoms with Gasteiger partial charge in [-0.1, -0.05) is 22.6 Å². The molecule has 0 aliphatic rings. The van der Waals surface area contributed by atoms with Crippen molar-refractivity contribution in [1.29, 1.82) is 0 Å². The van der Waals surface area contributed by atoms with Crippen LogP contribution < -0.4 is 16.0 Å². The number of rotatable bonds is 17. The van der Waals surface area contributed by atoms with Gasteiger partial charge >= 0.3 is 0 Å². The van der Waals surface area contributed by atoms with Crippen molar-refractivity contribution in [1.82, 2.24) is 16.0 Å². The van der Waals surface area contributed by atoms with Gasteiger partial charge in [0.15, 0.2) is 0 Å². The standard InChI is InChI=1S/C15H28IN3O7/c1-23-6-7-25-12-15(22)19-4-5-24-8-9-26-11-14(21)18-3-2-17-13(20)10-16/h2-12H2,1H3,(H,17,20)(H,18,21)(H,19,22). The van der Waals surface area contributed by atoms with E-state index in [4.69, 9.17) is 18.9 Å². The van der Waals surface area contributed by atoms with Crippen LogP contribution in [0.2, 0.25) is 0 Å². The zero-order valence-corrected chi connectivity index (χ0v) is 17.2. The van der Waals surface area contributed by atoms with Gasteiger partial charge in [0.2, 0.25) is 17.7 Å². The molecule has 0 saturated carbocycles. The molecule has 10 nitrogen and oxygen atoms in total. The fraction of sp³-hybridized carbons (Fsp3) is 0.800. The van der Waals surface area contributed by atoms with Gasteiger partial charge in [-0.25, -0.2) is 0 Å². The van der Waals surface area contributed by atoms with Gasteiger partial charge in [-0.15, -0.1) is 0 Å². The van der Waals surface area contributed by atoms with E-state index in [0.29, 0.717) is 50.5 Å². The summed E-state index contributed by atoms with van der Waals surface area (Å²) in [7, 11) is 1.56. The van der Waals surface area contributed by atoms with Gasteiger partial charge in [0.25, 0.3) is 0 Å². The molecule has 0 aromatic heterocycles. The Balaban J connectivity index is 3.31. The van der Waals surface area contributed by atoms with E-state index < -0.39 is 0 Å². The van der Waals surface area contributed by atoms with Crippen LogP contribution in [0.4, 0.5) is 0 Å². The van der Waals surface area contributed by atoms with Crippen molar-refractivity contribution >= 4 is 40.3 Å². The molecule has 0 rings (SSSR count). The van der Waals surface area contributed by atoms with E-state index in [1.165, 1.54) is 0 Å². The van der Waals surface area contributed by atoms with E-state index in [1.807, 2.05) is 22.6 Å². The van der Waals surface area contributed by atoms with Gasteiger partial charge in [-0.3, -0.25) is 14.4 Å². The number of amides is 3. The molecule has 0 bridgehead atoms. The quantitative estimate of drug-likeness (QED) is 0.129. The Bertz CT molecular complexity index is 399. The molecule has 11 heteroatoms. The summed E-state index contributed by atoms with van der Waals surface area (Å²) >= 11 is 1.96. The summed E-state index contributed by atoms with van der Waals surface area (Å²) in [6, 6.07) is 0. The molecule has 3 amide bonds. The lowest BCUT2D eigenvalue weighted by molar-refractivity contribution is -0.127. The minimum atomic E-state index is -0.255. The second-order valence-corrected chi connectivity index (χ2v) is 5.66. The average molecular weight is 489 g/mol. The maximum absolute atomic E-state index is 11.4. The first-order chi connectivity index (χ1) is 12.6. The summed E-state index contributed by atoms with van der Waals surface area (Å²) in [5, 5.41) is 7.91. The lowest BCUT2D eigenvalue weighted by Gasteiger charge is -2.08. The van der Waals surface area contributed by atoms with Crippen molar-refractivity contribution < 1.29 is 33.3 Å². The summed E-state index contributed by atoms with van der Waals surface area (Å²) in [6.07, 6.45) is 0. The monoisotopic (exact) mass is 489 g/mol. The van der Waals surface area contributed by atoms with Crippen molar-refractivity contribution in [3.05, 3.63) is 0 Å². The summed E-state index contributed by atoms with van der Waals surface area (Å²) < 4.78 is 20.7. The SMILES string of the molecule is COCCOCC(=O)NCCOCCOCC(=O)NCCNC(=O)CI. The smallest absolute Gasteiger partial charge is 0.246 e. The third-order valence-electron chi connectivity index (χ3n) is 2.73. The highest BCUT2D eigenvalue weighted by Crippen LogP contribution is 1.81. The molecule has 0 atom stereocenters. The molecule has 0 aliphatic carbocycles. The van der Waals surface area contributed by atoms with Crippen LogP contribution in [0.15, 0.2) is 0 Å². The van der Waals surface area contributed by atoms with E-state index >= 15 is 0 Å². The molecule has 3 N–H and O–H groups in total. The molecule has 0 radical (unpaired) electrons. The maximum Gasteiger partial charge on any atom is 0.246 e. The summed E-state index contributed by atoms with van der Waals surface area (Å²) in [4.78, 5) is 33.8. The molecular weight excluding hydrogens is 461 g/mol.